The lowest BCUT2D eigenvalue weighted by atomic mass is 10.2. The molecule has 3 rings (SSSR count). The number of hydrogen-bond acceptors (Lipinski definition) is 4. The average molecular weight is 483 g/mol. The molecule has 1 aliphatic heterocycles. The van der Waals surface area contributed by atoms with E-state index in [2.05, 4.69) is 22.5 Å². The van der Waals surface area contributed by atoms with Crippen LogP contribution in [0.3, 0.4) is 0 Å². The number of nitrogens with zero attached hydrogens (tertiary/aromatic N) is 1. The summed E-state index contributed by atoms with van der Waals surface area (Å²) in [6.45, 7) is 3.94. The monoisotopic (exact) mass is 481 g/mol. The molecule has 0 unspecified atom stereocenters. The summed E-state index contributed by atoms with van der Waals surface area (Å²) < 4.78 is 19.3. The fraction of sp³-hybridized carbons (Fsp3) is 0.100. The Labute approximate surface area is 179 Å². The van der Waals surface area contributed by atoms with E-state index < -0.39 is 0 Å². The molecule has 28 heavy (non-hydrogen) atoms. The number of rotatable bonds is 6. The summed E-state index contributed by atoms with van der Waals surface area (Å²) in [5, 5.41) is 0.00798. The number of hydrogen-bond donors (Lipinski definition) is 0. The van der Waals surface area contributed by atoms with Gasteiger partial charge in [-0.2, -0.15) is 0 Å². The van der Waals surface area contributed by atoms with Crippen LogP contribution >= 0.6 is 39.3 Å². The summed E-state index contributed by atoms with van der Waals surface area (Å²) >= 11 is 10.6. The van der Waals surface area contributed by atoms with Gasteiger partial charge in [0, 0.05) is 6.54 Å². The van der Waals surface area contributed by atoms with Gasteiger partial charge in [-0.05, 0) is 69.2 Å². The lowest BCUT2D eigenvalue weighted by molar-refractivity contribution is -0.122. The molecule has 2 aromatic rings. The summed E-state index contributed by atoms with van der Waals surface area (Å²) in [4.78, 5) is 25.6. The van der Waals surface area contributed by atoms with E-state index in [4.69, 9.17) is 16.3 Å². The highest BCUT2D eigenvalue weighted by Gasteiger charge is 2.34. The van der Waals surface area contributed by atoms with E-state index in [1.54, 1.807) is 30.3 Å². The number of ether oxygens (including phenoxy) is 1. The maximum atomic E-state index is 13.0. The molecular weight excluding hydrogens is 469 g/mol. The molecule has 0 spiro atoms. The molecule has 0 aliphatic carbocycles. The van der Waals surface area contributed by atoms with E-state index in [-0.39, 0.29) is 30.1 Å². The molecular formula is C20H14BrClFNO3S. The second kappa shape index (κ2) is 8.94. The third kappa shape index (κ3) is 4.66. The van der Waals surface area contributed by atoms with Crippen LogP contribution in [0.15, 0.2) is 58.4 Å². The van der Waals surface area contributed by atoms with Crippen LogP contribution in [0, 0.1) is 5.82 Å². The zero-order valence-electron chi connectivity index (χ0n) is 14.5. The minimum Gasteiger partial charge on any atom is -0.486 e. The van der Waals surface area contributed by atoms with E-state index in [9.17, 15) is 14.0 Å². The van der Waals surface area contributed by atoms with Crippen LogP contribution in [0.4, 0.5) is 9.18 Å². The van der Waals surface area contributed by atoms with Crippen LogP contribution < -0.4 is 4.74 Å². The molecule has 1 fully saturated rings. The molecule has 0 aromatic heterocycles. The van der Waals surface area contributed by atoms with E-state index >= 15 is 0 Å². The predicted molar refractivity (Wildman–Crippen MR) is 113 cm³/mol. The topological polar surface area (TPSA) is 46.6 Å². The van der Waals surface area contributed by atoms with E-state index in [1.165, 1.54) is 18.2 Å². The largest absolute Gasteiger partial charge is 0.486 e. The number of halogens is 3. The average Bonchev–Trinajstić information content (AvgIpc) is 2.90. The molecule has 2 amide bonds. The van der Waals surface area contributed by atoms with Gasteiger partial charge in [0.05, 0.1) is 14.4 Å². The summed E-state index contributed by atoms with van der Waals surface area (Å²) in [5.41, 5.74) is 1.44. The summed E-state index contributed by atoms with van der Waals surface area (Å²) in [5.74, 6) is -0.244. The van der Waals surface area contributed by atoms with Crippen LogP contribution in [0.25, 0.3) is 6.08 Å². The number of benzene rings is 2. The Kier molecular flexibility index (Phi) is 6.59. The number of carbonyl (C=O) groups is 2. The number of thioether (sulfide) groups is 1. The Morgan fingerprint density at radius 3 is 2.61 bits per heavy atom. The first-order chi connectivity index (χ1) is 13.4. The van der Waals surface area contributed by atoms with Crippen LogP contribution in [0.5, 0.6) is 5.75 Å². The summed E-state index contributed by atoms with van der Waals surface area (Å²) in [6.07, 6.45) is 3.11. The minimum atomic E-state index is -0.362. The minimum absolute atomic E-state index is 0.169. The lowest BCUT2D eigenvalue weighted by Crippen LogP contribution is -2.27. The van der Waals surface area contributed by atoms with Gasteiger partial charge in [0.25, 0.3) is 11.1 Å². The van der Waals surface area contributed by atoms with E-state index in [1.807, 2.05) is 0 Å². The van der Waals surface area contributed by atoms with Gasteiger partial charge < -0.3 is 4.74 Å². The van der Waals surface area contributed by atoms with Crippen molar-refractivity contribution in [3.63, 3.8) is 0 Å². The second-order valence-electron chi connectivity index (χ2n) is 5.81. The number of imide groups is 1. The van der Waals surface area contributed by atoms with Gasteiger partial charge in [0.2, 0.25) is 0 Å². The number of amides is 2. The normalized spacial score (nSPS) is 15.4. The molecule has 8 heteroatoms. The van der Waals surface area contributed by atoms with Crippen LogP contribution in [-0.2, 0) is 11.4 Å². The van der Waals surface area contributed by atoms with Gasteiger partial charge in [-0.3, -0.25) is 14.5 Å². The molecule has 144 valence electrons. The van der Waals surface area contributed by atoms with Gasteiger partial charge in [-0.25, -0.2) is 4.39 Å². The van der Waals surface area contributed by atoms with Gasteiger partial charge in [0.15, 0.2) is 5.75 Å². The molecule has 1 heterocycles. The van der Waals surface area contributed by atoms with Gasteiger partial charge in [-0.1, -0.05) is 29.8 Å². The molecule has 0 atom stereocenters. The summed E-state index contributed by atoms with van der Waals surface area (Å²) in [6, 6.07) is 9.37. The van der Waals surface area contributed by atoms with Crippen LogP contribution in [-0.4, -0.2) is 22.6 Å². The molecule has 0 radical (unpaired) electrons. The maximum Gasteiger partial charge on any atom is 0.293 e. The second-order valence-corrected chi connectivity index (χ2v) is 8.06. The molecule has 0 bridgehead atoms. The van der Waals surface area contributed by atoms with Crippen LogP contribution in [0.1, 0.15) is 11.1 Å². The predicted octanol–water partition coefficient (Wildman–Crippen LogP) is 6.04. The molecule has 2 aromatic carbocycles. The highest BCUT2D eigenvalue weighted by Crippen LogP contribution is 2.37. The first kappa shape index (κ1) is 20.6. The van der Waals surface area contributed by atoms with Gasteiger partial charge in [0.1, 0.15) is 12.4 Å². The molecule has 0 saturated carbocycles. The van der Waals surface area contributed by atoms with E-state index in [0.29, 0.717) is 25.7 Å². The Morgan fingerprint density at radius 1 is 1.25 bits per heavy atom. The Hall–Kier alpha value is -2.09. The zero-order chi connectivity index (χ0) is 20.3. The van der Waals surface area contributed by atoms with Crippen molar-refractivity contribution in [3.05, 3.63) is 80.4 Å². The standard InChI is InChI=1S/C20H14BrClFNO3S/c1-2-7-24-19(25)17(28-20(24)26)10-13-8-15(21)18(16(22)9-13)27-11-12-3-5-14(23)6-4-12/h2-6,8-10H,1,7,11H2/b17-10+. The molecule has 1 aliphatic rings. The molecule has 0 N–H and O–H groups in total. The number of carbonyl (C=O) groups excluding carboxylic acids is 2. The van der Waals surface area contributed by atoms with Crippen LogP contribution in [0.2, 0.25) is 5.02 Å². The highest BCUT2D eigenvalue weighted by molar-refractivity contribution is 9.10. The Bertz CT molecular complexity index is 955. The van der Waals surface area contributed by atoms with Gasteiger partial charge >= 0.3 is 0 Å². The van der Waals surface area contributed by atoms with Crippen molar-refractivity contribution < 1.29 is 18.7 Å². The zero-order valence-corrected chi connectivity index (χ0v) is 17.6. The van der Waals surface area contributed by atoms with Crippen molar-refractivity contribution in [2.75, 3.05) is 6.54 Å². The third-order valence-corrected chi connectivity index (χ3v) is 5.58. The first-order valence-corrected chi connectivity index (χ1v) is 10.1. The van der Waals surface area contributed by atoms with Crippen molar-refractivity contribution in [2.24, 2.45) is 0 Å². The van der Waals surface area contributed by atoms with Gasteiger partial charge in [-0.15, -0.1) is 6.58 Å². The van der Waals surface area contributed by atoms with Crippen molar-refractivity contribution >= 4 is 56.5 Å². The fourth-order valence-electron chi connectivity index (χ4n) is 2.47. The van der Waals surface area contributed by atoms with Crippen molar-refractivity contribution in [2.45, 2.75) is 6.61 Å². The SMILES string of the molecule is C=CCN1C(=O)S/C(=C/c2cc(Cl)c(OCc3ccc(F)cc3)c(Br)c2)C1=O. The maximum absolute atomic E-state index is 13.0. The summed E-state index contributed by atoms with van der Waals surface area (Å²) in [7, 11) is 0. The van der Waals surface area contributed by atoms with Crippen molar-refractivity contribution in [1.29, 1.82) is 0 Å². The first-order valence-electron chi connectivity index (χ1n) is 8.11. The molecule has 4 nitrogen and oxygen atoms in total. The highest BCUT2D eigenvalue weighted by atomic mass is 79.9. The Balaban J connectivity index is 1.78. The smallest absolute Gasteiger partial charge is 0.293 e. The molecule has 1 saturated heterocycles. The third-order valence-electron chi connectivity index (χ3n) is 3.80. The Morgan fingerprint density at radius 2 is 1.96 bits per heavy atom. The fourth-order valence-corrected chi connectivity index (χ4v) is 4.31. The van der Waals surface area contributed by atoms with Crippen molar-refractivity contribution in [3.8, 4) is 5.75 Å². The van der Waals surface area contributed by atoms with Crippen molar-refractivity contribution in [1.82, 2.24) is 4.90 Å². The quantitative estimate of drug-likeness (QED) is 0.372. The lowest BCUT2D eigenvalue weighted by Gasteiger charge is -2.11. The van der Waals surface area contributed by atoms with E-state index in [0.717, 1.165) is 22.2 Å².